The maximum atomic E-state index is 10.6. The minimum atomic E-state index is -0.970. The van der Waals surface area contributed by atoms with Crippen molar-refractivity contribution < 1.29 is 9.90 Å². The summed E-state index contributed by atoms with van der Waals surface area (Å²) in [5, 5.41) is 18.3. The number of carbonyl (C=O) groups is 1. The summed E-state index contributed by atoms with van der Waals surface area (Å²) in [4.78, 5) is 10.6. The SMILES string of the molecule is Cc1cc(C(=O)O)ccc1NC(=N)N.Cl. The highest BCUT2D eigenvalue weighted by Gasteiger charge is 2.05. The number of carboxylic acid groups (broad SMARTS) is 1. The second kappa shape index (κ2) is 5.21. The molecule has 0 saturated heterocycles. The van der Waals surface area contributed by atoms with Crippen molar-refractivity contribution in [2.24, 2.45) is 5.73 Å². The lowest BCUT2D eigenvalue weighted by Crippen LogP contribution is -2.21. The van der Waals surface area contributed by atoms with E-state index in [1.54, 1.807) is 13.0 Å². The number of aromatic carboxylic acids is 1. The number of halogens is 1. The first-order valence-corrected chi connectivity index (χ1v) is 3.95. The number of nitrogens with two attached hydrogens (primary N) is 1. The zero-order valence-corrected chi connectivity index (χ0v) is 8.89. The third kappa shape index (κ3) is 3.47. The van der Waals surface area contributed by atoms with Gasteiger partial charge in [0.2, 0.25) is 0 Å². The molecule has 0 aliphatic heterocycles. The lowest BCUT2D eigenvalue weighted by molar-refractivity contribution is 0.0697. The first-order valence-electron chi connectivity index (χ1n) is 3.95. The molecular formula is C9H12ClN3O2. The number of rotatable bonds is 2. The molecule has 0 aliphatic carbocycles. The summed E-state index contributed by atoms with van der Waals surface area (Å²) >= 11 is 0. The quantitative estimate of drug-likeness (QED) is 0.455. The van der Waals surface area contributed by atoms with E-state index in [4.69, 9.17) is 16.2 Å². The van der Waals surface area contributed by atoms with Crippen LogP contribution in [0.3, 0.4) is 0 Å². The van der Waals surface area contributed by atoms with Crippen LogP contribution in [0.5, 0.6) is 0 Å². The highest BCUT2D eigenvalue weighted by molar-refractivity contribution is 5.92. The number of nitrogens with one attached hydrogen (secondary N) is 2. The number of hydrogen-bond acceptors (Lipinski definition) is 2. The van der Waals surface area contributed by atoms with Crippen LogP contribution in [0.25, 0.3) is 0 Å². The second-order valence-corrected chi connectivity index (χ2v) is 2.87. The molecular weight excluding hydrogens is 218 g/mol. The fourth-order valence-corrected chi connectivity index (χ4v) is 1.08. The Morgan fingerprint density at radius 3 is 2.53 bits per heavy atom. The Morgan fingerprint density at radius 2 is 2.13 bits per heavy atom. The van der Waals surface area contributed by atoms with Gasteiger partial charge in [0.15, 0.2) is 5.96 Å². The molecule has 0 fully saturated rings. The molecule has 0 radical (unpaired) electrons. The summed E-state index contributed by atoms with van der Waals surface area (Å²) in [5.74, 6) is -1.14. The van der Waals surface area contributed by atoms with E-state index < -0.39 is 5.97 Å². The van der Waals surface area contributed by atoms with E-state index in [1.807, 2.05) is 0 Å². The van der Waals surface area contributed by atoms with Crippen molar-refractivity contribution in [1.29, 1.82) is 5.41 Å². The van der Waals surface area contributed by atoms with Crippen LogP contribution in [0.15, 0.2) is 18.2 Å². The molecule has 0 aliphatic rings. The summed E-state index contributed by atoms with van der Waals surface area (Å²) in [6.45, 7) is 1.75. The minimum Gasteiger partial charge on any atom is -0.478 e. The van der Waals surface area contributed by atoms with Crippen LogP contribution >= 0.6 is 12.4 Å². The zero-order valence-electron chi connectivity index (χ0n) is 8.07. The van der Waals surface area contributed by atoms with Crippen LogP contribution in [0.4, 0.5) is 5.69 Å². The largest absolute Gasteiger partial charge is 0.478 e. The predicted octanol–water partition coefficient (Wildman–Crippen LogP) is 1.42. The average Bonchev–Trinajstić information content (AvgIpc) is 2.07. The van der Waals surface area contributed by atoms with E-state index in [9.17, 15) is 4.79 Å². The summed E-state index contributed by atoms with van der Waals surface area (Å²) in [5.41, 5.74) is 6.74. The van der Waals surface area contributed by atoms with Gasteiger partial charge in [-0.25, -0.2) is 4.79 Å². The fourth-order valence-electron chi connectivity index (χ4n) is 1.08. The molecule has 82 valence electrons. The zero-order chi connectivity index (χ0) is 10.7. The number of carboxylic acids is 1. The minimum absolute atomic E-state index is 0. The van der Waals surface area contributed by atoms with Gasteiger partial charge in [0.05, 0.1) is 5.56 Å². The Kier molecular flexibility index (Phi) is 4.60. The Labute approximate surface area is 93.2 Å². The molecule has 0 bridgehead atoms. The van der Waals surface area contributed by atoms with Crippen molar-refractivity contribution in [1.82, 2.24) is 0 Å². The Morgan fingerprint density at radius 1 is 1.53 bits per heavy atom. The van der Waals surface area contributed by atoms with Crippen molar-refractivity contribution in [3.63, 3.8) is 0 Å². The maximum Gasteiger partial charge on any atom is 0.335 e. The summed E-state index contributed by atoms with van der Waals surface area (Å²) in [7, 11) is 0. The summed E-state index contributed by atoms with van der Waals surface area (Å²) in [6, 6.07) is 4.56. The first kappa shape index (κ1) is 13.2. The van der Waals surface area contributed by atoms with E-state index in [0.29, 0.717) is 5.69 Å². The van der Waals surface area contributed by atoms with Gasteiger partial charge in [-0.1, -0.05) is 0 Å². The third-order valence-electron chi connectivity index (χ3n) is 1.74. The molecule has 0 amide bonds. The van der Waals surface area contributed by atoms with Crippen LogP contribution in [0, 0.1) is 12.3 Å². The lowest BCUT2D eigenvalue weighted by Gasteiger charge is -2.07. The number of hydrogen-bond donors (Lipinski definition) is 4. The molecule has 6 heteroatoms. The molecule has 0 saturated carbocycles. The van der Waals surface area contributed by atoms with Crippen molar-refractivity contribution in [3.05, 3.63) is 29.3 Å². The Balaban J connectivity index is 0.00000196. The normalized spacial score (nSPS) is 8.87. The highest BCUT2D eigenvalue weighted by Crippen LogP contribution is 2.15. The van der Waals surface area contributed by atoms with Crippen LogP contribution in [-0.2, 0) is 0 Å². The van der Waals surface area contributed by atoms with E-state index >= 15 is 0 Å². The number of guanidine groups is 1. The maximum absolute atomic E-state index is 10.6. The van der Waals surface area contributed by atoms with Gasteiger partial charge in [-0.05, 0) is 30.7 Å². The van der Waals surface area contributed by atoms with E-state index in [0.717, 1.165) is 5.56 Å². The monoisotopic (exact) mass is 229 g/mol. The van der Waals surface area contributed by atoms with E-state index in [-0.39, 0.29) is 23.9 Å². The molecule has 15 heavy (non-hydrogen) atoms. The van der Waals surface area contributed by atoms with Gasteiger partial charge in [0.1, 0.15) is 0 Å². The number of benzene rings is 1. The number of anilines is 1. The van der Waals surface area contributed by atoms with Crippen LogP contribution in [0.2, 0.25) is 0 Å². The standard InChI is InChI=1S/C9H11N3O2.ClH/c1-5-4-6(8(13)14)2-3-7(5)12-9(10)11;/h2-4H,1H3,(H,13,14)(H4,10,11,12);1H. The third-order valence-corrected chi connectivity index (χ3v) is 1.74. The summed E-state index contributed by atoms with van der Waals surface area (Å²) in [6.07, 6.45) is 0. The molecule has 5 N–H and O–H groups in total. The van der Waals surface area contributed by atoms with Crippen molar-refractivity contribution >= 4 is 30.0 Å². The van der Waals surface area contributed by atoms with Crippen molar-refractivity contribution in [2.45, 2.75) is 6.92 Å². The van der Waals surface area contributed by atoms with E-state index in [1.165, 1.54) is 12.1 Å². The van der Waals surface area contributed by atoms with Crippen molar-refractivity contribution in [3.8, 4) is 0 Å². The number of aryl methyl sites for hydroxylation is 1. The van der Waals surface area contributed by atoms with Gasteiger partial charge >= 0.3 is 5.97 Å². The van der Waals surface area contributed by atoms with Gasteiger partial charge in [-0.2, -0.15) is 0 Å². The molecule has 0 unspecified atom stereocenters. The molecule has 1 aromatic rings. The first-order chi connectivity index (χ1) is 6.50. The van der Waals surface area contributed by atoms with Crippen LogP contribution in [-0.4, -0.2) is 17.0 Å². The molecule has 5 nitrogen and oxygen atoms in total. The lowest BCUT2D eigenvalue weighted by atomic mass is 10.1. The molecule has 0 aromatic heterocycles. The molecule has 0 heterocycles. The van der Waals surface area contributed by atoms with Gasteiger partial charge in [-0.3, -0.25) is 5.41 Å². The second-order valence-electron chi connectivity index (χ2n) is 2.87. The predicted molar refractivity (Wildman–Crippen MR) is 60.9 cm³/mol. The Hall–Kier alpha value is -1.75. The van der Waals surface area contributed by atoms with Gasteiger partial charge in [0.25, 0.3) is 0 Å². The average molecular weight is 230 g/mol. The smallest absolute Gasteiger partial charge is 0.335 e. The van der Waals surface area contributed by atoms with Crippen LogP contribution in [0.1, 0.15) is 15.9 Å². The van der Waals surface area contributed by atoms with Gasteiger partial charge in [0, 0.05) is 5.69 Å². The topological polar surface area (TPSA) is 99.2 Å². The molecule has 1 aromatic carbocycles. The fraction of sp³-hybridized carbons (Fsp3) is 0.111. The van der Waals surface area contributed by atoms with E-state index in [2.05, 4.69) is 5.32 Å². The van der Waals surface area contributed by atoms with Gasteiger partial charge in [-0.15, -0.1) is 12.4 Å². The molecule has 1 rings (SSSR count). The summed E-state index contributed by atoms with van der Waals surface area (Å²) < 4.78 is 0. The molecule has 0 atom stereocenters. The molecule has 0 spiro atoms. The van der Waals surface area contributed by atoms with Gasteiger partial charge < -0.3 is 16.2 Å². The van der Waals surface area contributed by atoms with Crippen molar-refractivity contribution in [2.75, 3.05) is 5.32 Å². The van der Waals surface area contributed by atoms with Crippen LogP contribution < -0.4 is 11.1 Å². The highest BCUT2D eigenvalue weighted by atomic mass is 35.5. The Bertz CT molecular complexity index is 393.